The molecule has 14 heavy (non-hydrogen) atoms. The third-order valence-electron chi connectivity index (χ3n) is 2.11. The average molecular weight is 222 g/mol. The van der Waals surface area contributed by atoms with Gasteiger partial charge in [-0.15, -0.1) is 0 Å². The summed E-state index contributed by atoms with van der Waals surface area (Å²) in [6.45, 7) is 3.55. The molecule has 0 aromatic carbocycles. The van der Waals surface area contributed by atoms with E-state index in [4.69, 9.17) is 5.11 Å². The van der Waals surface area contributed by atoms with Crippen molar-refractivity contribution in [3.63, 3.8) is 0 Å². The molecule has 84 valence electrons. The lowest BCUT2D eigenvalue weighted by atomic mass is 10.3. The Morgan fingerprint density at radius 3 is 2.21 bits per heavy atom. The summed E-state index contributed by atoms with van der Waals surface area (Å²) in [4.78, 5) is 10.6. The van der Waals surface area contributed by atoms with Gasteiger partial charge in [-0.05, 0) is 12.8 Å². The Labute approximate surface area is 85.2 Å². The zero-order valence-corrected chi connectivity index (χ0v) is 9.51. The SMILES string of the molecule is CCCCCS(=O)(=O)C(CC)C(=O)O. The molecule has 0 radical (unpaired) electrons. The van der Waals surface area contributed by atoms with E-state index in [9.17, 15) is 13.2 Å². The van der Waals surface area contributed by atoms with Gasteiger partial charge in [0.05, 0.1) is 5.75 Å². The van der Waals surface area contributed by atoms with Gasteiger partial charge in [-0.1, -0.05) is 26.7 Å². The lowest BCUT2D eigenvalue weighted by Gasteiger charge is -2.10. The van der Waals surface area contributed by atoms with Crippen molar-refractivity contribution >= 4 is 15.8 Å². The number of carboxylic acid groups (broad SMARTS) is 1. The summed E-state index contributed by atoms with van der Waals surface area (Å²) < 4.78 is 23.0. The summed E-state index contributed by atoms with van der Waals surface area (Å²) in [5.41, 5.74) is 0. The zero-order valence-electron chi connectivity index (χ0n) is 8.69. The van der Waals surface area contributed by atoms with Crippen LogP contribution in [-0.4, -0.2) is 30.5 Å². The first-order chi connectivity index (χ1) is 6.45. The molecule has 0 spiro atoms. The minimum Gasteiger partial charge on any atom is -0.480 e. The van der Waals surface area contributed by atoms with Gasteiger partial charge in [0.2, 0.25) is 0 Å². The predicted molar refractivity (Wildman–Crippen MR) is 55.0 cm³/mol. The fourth-order valence-electron chi connectivity index (χ4n) is 1.28. The van der Waals surface area contributed by atoms with Crippen LogP contribution in [0.2, 0.25) is 0 Å². The highest BCUT2D eigenvalue weighted by Crippen LogP contribution is 2.10. The van der Waals surface area contributed by atoms with Crippen LogP contribution < -0.4 is 0 Å². The summed E-state index contributed by atoms with van der Waals surface area (Å²) >= 11 is 0. The van der Waals surface area contributed by atoms with E-state index in [1.165, 1.54) is 0 Å². The van der Waals surface area contributed by atoms with Crippen LogP contribution in [0.25, 0.3) is 0 Å². The molecule has 0 rings (SSSR count). The summed E-state index contributed by atoms with van der Waals surface area (Å²) in [6, 6.07) is 0. The monoisotopic (exact) mass is 222 g/mol. The molecule has 4 nitrogen and oxygen atoms in total. The molecule has 0 heterocycles. The van der Waals surface area contributed by atoms with Gasteiger partial charge in [0, 0.05) is 0 Å². The van der Waals surface area contributed by atoms with Gasteiger partial charge in [-0.2, -0.15) is 0 Å². The predicted octanol–water partition coefficient (Wildman–Crippen LogP) is 1.45. The molecular formula is C9H18O4S. The number of unbranched alkanes of at least 4 members (excludes halogenated alkanes) is 2. The maximum absolute atomic E-state index is 11.5. The largest absolute Gasteiger partial charge is 0.480 e. The topological polar surface area (TPSA) is 71.4 Å². The highest BCUT2D eigenvalue weighted by Gasteiger charge is 2.29. The zero-order chi connectivity index (χ0) is 11.2. The van der Waals surface area contributed by atoms with E-state index >= 15 is 0 Å². The first-order valence-electron chi connectivity index (χ1n) is 4.90. The van der Waals surface area contributed by atoms with Crippen molar-refractivity contribution in [2.45, 2.75) is 44.8 Å². The molecule has 0 aliphatic carbocycles. The molecule has 5 heteroatoms. The Morgan fingerprint density at radius 1 is 1.29 bits per heavy atom. The highest BCUT2D eigenvalue weighted by molar-refractivity contribution is 7.92. The Hall–Kier alpha value is -0.580. The van der Waals surface area contributed by atoms with Crippen molar-refractivity contribution in [2.75, 3.05) is 5.75 Å². The van der Waals surface area contributed by atoms with Crippen LogP contribution in [0.5, 0.6) is 0 Å². The van der Waals surface area contributed by atoms with Crippen molar-refractivity contribution in [1.29, 1.82) is 0 Å². The van der Waals surface area contributed by atoms with Crippen LogP contribution in [0.3, 0.4) is 0 Å². The second-order valence-corrected chi connectivity index (χ2v) is 5.61. The third-order valence-corrected chi connectivity index (χ3v) is 4.37. The van der Waals surface area contributed by atoms with E-state index in [0.29, 0.717) is 6.42 Å². The molecule has 0 aromatic rings. The molecule has 0 amide bonds. The molecule has 0 bridgehead atoms. The Kier molecular flexibility index (Phi) is 5.76. The van der Waals surface area contributed by atoms with E-state index < -0.39 is 21.1 Å². The molecule has 0 aliphatic rings. The molecule has 0 saturated carbocycles. The summed E-state index contributed by atoms with van der Waals surface area (Å²) in [7, 11) is -3.44. The van der Waals surface area contributed by atoms with Crippen LogP contribution in [0.1, 0.15) is 39.5 Å². The van der Waals surface area contributed by atoms with Gasteiger partial charge in [0.1, 0.15) is 0 Å². The maximum Gasteiger partial charge on any atom is 0.321 e. The van der Waals surface area contributed by atoms with Crippen molar-refractivity contribution in [3.05, 3.63) is 0 Å². The van der Waals surface area contributed by atoms with E-state index in [2.05, 4.69) is 0 Å². The molecular weight excluding hydrogens is 204 g/mol. The number of hydrogen-bond acceptors (Lipinski definition) is 3. The van der Waals surface area contributed by atoms with Crippen molar-refractivity contribution in [2.24, 2.45) is 0 Å². The minimum absolute atomic E-state index is 0.00829. The Morgan fingerprint density at radius 2 is 1.86 bits per heavy atom. The first kappa shape index (κ1) is 13.4. The molecule has 1 atom stereocenters. The molecule has 0 aromatic heterocycles. The minimum atomic E-state index is -3.44. The molecule has 1 N–H and O–H groups in total. The number of carbonyl (C=O) groups is 1. The molecule has 0 saturated heterocycles. The number of hydrogen-bond donors (Lipinski definition) is 1. The van der Waals surface area contributed by atoms with E-state index in [0.717, 1.165) is 12.8 Å². The highest BCUT2D eigenvalue weighted by atomic mass is 32.2. The molecule has 0 fully saturated rings. The number of carboxylic acids is 1. The van der Waals surface area contributed by atoms with Crippen molar-refractivity contribution in [1.82, 2.24) is 0 Å². The van der Waals surface area contributed by atoms with E-state index in [1.807, 2.05) is 6.92 Å². The summed E-state index contributed by atoms with van der Waals surface area (Å²) in [5.74, 6) is -1.24. The van der Waals surface area contributed by atoms with Crippen molar-refractivity contribution < 1.29 is 18.3 Å². The Bertz CT molecular complexity index is 269. The summed E-state index contributed by atoms with van der Waals surface area (Å²) in [6.07, 6.45) is 2.46. The smallest absolute Gasteiger partial charge is 0.321 e. The van der Waals surface area contributed by atoms with Crippen molar-refractivity contribution in [3.8, 4) is 0 Å². The number of sulfone groups is 1. The van der Waals surface area contributed by atoms with Gasteiger partial charge >= 0.3 is 5.97 Å². The van der Waals surface area contributed by atoms with Crippen LogP contribution >= 0.6 is 0 Å². The van der Waals surface area contributed by atoms with Gasteiger partial charge in [-0.25, -0.2) is 8.42 Å². The third kappa shape index (κ3) is 4.09. The maximum atomic E-state index is 11.5. The van der Waals surface area contributed by atoms with E-state index in [-0.39, 0.29) is 12.2 Å². The normalized spacial score (nSPS) is 13.9. The molecule has 1 unspecified atom stereocenters. The number of rotatable bonds is 7. The quantitative estimate of drug-likeness (QED) is 0.662. The second kappa shape index (κ2) is 6.01. The van der Waals surface area contributed by atoms with Gasteiger partial charge in [0.25, 0.3) is 0 Å². The lowest BCUT2D eigenvalue weighted by molar-refractivity contribution is -0.136. The van der Waals surface area contributed by atoms with Crippen LogP contribution in [0.4, 0.5) is 0 Å². The van der Waals surface area contributed by atoms with Gasteiger partial charge < -0.3 is 5.11 Å². The lowest BCUT2D eigenvalue weighted by Crippen LogP contribution is -2.31. The first-order valence-corrected chi connectivity index (χ1v) is 6.61. The van der Waals surface area contributed by atoms with Gasteiger partial charge in [0.15, 0.2) is 15.1 Å². The van der Waals surface area contributed by atoms with E-state index in [1.54, 1.807) is 6.92 Å². The van der Waals surface area contributed by atoms with Crippen LogP contribution in [0, 0.1) is 0 Å². The fourth-order valence-corrected chi connectivity index (χ4v) is 2.98. The fraction of sp³-hybridized carbons (Fsp3) is 0.889. The standard InChI is InChI=1S/C9H18O4S/c1-3-5-6-7-14(12,13)8(4-2)9(10)11/h8H,3-7H2,1-2H3,(H,10,11). The summed E-state index contributed by atoms with van der Waals surface area (Å²) in [5, 5.41) is 7.46. The van der Waals surface area contributed by atoms with Gasteiger partial charge in [-0.3, -0.25) is 4.79 Å². The van der Waals surface area contributed by atoms with Crippen LogP contribution in [-0.2, 0) is 14.6 Å². The Balaban J connectivity index is 4.35. The second-order valence-electron chi connectivity index (χ2n) is 3.31. The average Bonchev–Trinajstić information content (AvgIpc) is 2.04. The van der Waals surface area contributed by atoms with Crippen LogP contribution in [0.15, 0.2) is 0 Å². The molecule has 0 aliphatic heterocycles. The number of aliphatic carboxylic acids is 1.